The van der Waals surface area contributed by atoms with E-state index in [1.807, 2.05) is 30.3 Å². The molecule has 0 aromatic heterocycles. The van der Waals surface area contributed by atoms with Gasteiger partial charge in [0.15, 0.2) is 0 Å². The fraction of sp³-hybridized carbons (Fsp3) is 0.435. The molecule has 1 fully saturated rings. The standard InChI is InChI=1S/C23H30N2O.ClH/c1-19-11-13-21(14-12-19)22(25-15-7-2-3-8-16-25)18-24-23(26)17-20-9-5-4-6-10-20;/h4-6,9-14,22H,2-3,7-8,15-18H2,1H3,(H,24,26);1H. The fourth-order valence-corrected chi connectivity index (χ4v) is 3.71. The maximum atomic E-state index is 12.4. The van der Waals surface area contributed by atoms with Crippen LogP contribution < -0.4 is 5.32 Å². The maximum Gasteiger partial charge on any atom is 0.224 e. The van der Waals surface area contributed by atoms with Crippen molar-refractivity contribution in [3.8, 4) is 0 Å². The van der Waals surface area contributed by atoms with Gasteiger partial charge < -0.3 is 5.32 Å². The molecule has 4 heteroatoms. The van der Waals surface area contributed by atoms with Crippen molar-refractivity contribution in [2.45, 2.75) is 45.1 Å². The Balaban J connectivity index is 0.00000261. The number of carbonyl (C=O) groups is 1. The number of likely N-dealkylation sites (tertiary alicyclic amines) is 1. The second-order valence-electron chi connectivity index (χ2n) is 7.34. The molecule has 1 atom stereocenters. The van der Waals surface area contributed by atoms with Crippen molar-refractivity contribution in [1.29, 1.82) is 0 Å². The molecular weight excluding hydrogens is 356 g/mol. The van der Waals surface area contributed by atoms with Crippen LogP contribution in [0, 0.1) is 6.92 Å². The van der Waals surface area contributed by atoms with Crippen molar-refractivity contribution in [2.75, 3.05) is 19.6 Å². The molecule has 1 aliphatic rings. The molecule has 0 spiro atoms. The summed E-state index contributed by atoms with van der Waals surface area (Å²) in [5, 5.41) is 3.18. The molecule has 0 radical (unpaired) electrons. The summed E-state index contributed by atoms with van der Waals surface area (Å²) in [6.45, 7) is 5.03. The van der Waals surface area contributed by atoms with Gasteiger partial charge in [0.25, 0.3) is 0 Å². The summed E-state index contributed by atoms with van der Waals surface area (Å²) in [5.74, 6) is 0.100. The van der Waals surface area contributed by atoms with Gasteiger partial charge in [-0.05, 0) is 44.0 Å². The fourth-order valence-electron chi connectivity index (χ4n) is 3.71. The number of amides is 1. The zero-order valence-electron chi connectivity index (χ0n) is 16.2. The van der Waals surface area contributed by atoms with Gasteiger partial charge in [-0.1, -0.05) is 73.0 Å². The first-order chi connectivity index (χ1) is 12.7. The van der Waals surface area contributed by atoms with Crippen LogP contribution >= 0.6 is 12.4 Å². The number of halogens is 1. The Labute approximate surface area is 169 Å². The molecule has 3 nitrogen and oxygen atoms in total. The van der Waals surface area contributed by atoms with Gasteiger partial charge in [0.1, 0.15) is 0 Å². The largest absolute Gasteiger partial charge is 0.354 e. The number of carbonyl (C=O) groups excluding carboxylic acids is 1. The van der Waals surface area contributed by atoms with Gasteiger partial charge in [-0.2, -0.15) is 0 Å². The number of aryl methyl sites for hydroxylation is 1. The zero-order chi connectivity index (χ0) is 18.2. The Morgan fingerprint density at radius 3 is 2.22 bits per heavy atom. The normalized spacial score (nSPS) is 16.0. The number of nitrogens with one attached hydrogen (secondary N) is 1. The zero-order valence-corrected chi connectivity index (χ0v) is 17.0. The molecule has 3 rings (SSSR count). The average Bonchev–Trinajstić information content (AvgIpc) is 2.93. The first kappa shape index (κ1) is 21.5. The molecule has 1 heterocycles. The van der Waals surface area contributed by atoms with E-state index >= 15 is 0 Å². The molecule has 146 valence electrons. The summed E-state index contributed by atoms with van der Waals surface area (Å²) in [5.41, 5.74) is 3.64. The highest BCUT2D eigenvalue weighted by Crippen LogP contribution is 2.24. The SMILES string of the molecule is Cc1ccc(C(CNC(=O)Cc2ccccc2)N2CCCCCC2)cc1.Cl. The second kappa shape index (κ2) is 11.1. The molecule has 1 aliphatic heterocycles. The van der Waals surface area contributed by atoms with Crippen molar-refractivity contribution in [2.24, 2.45) is 0 Å². The van der Waals surface area contributed by atoms with Crippen molar-refractivity contribution >= 4 is 18.3 Å². The molecule has 1 amide bonds. The second-order valence-corrected chi connectivity index (χ2v) is 7.34. The van der Waals surface area contributed by atoms with Gasteiger partial charge in [-0.15, -0.1) is 12.4 Å². The lowest BCUT2D eigenvalue weighted by atomic mass is 10.0. The minimum Gasteiger partial charge on any atom is -0.354 e. The Hall–Kier alpha value is -1.84. The van der Waals surface area contributed by atoms with Crippen LogP contribution in [0.5, 0.6) is 0 Å². The summed E-state index contributed by atoms with van der Waals surface area (Å²) >= 11 is 0. The first-order valence-electron chi connectivity index (χ1n) is 9.83. The van der Waals surface area contributed by atoms with Crippen LogP contribution in [0.15, 0.2) is 54.6 Å². The Kier molecular flexibility index (Phi) is 8.83. The van der Waals surface area contributed by atoms with E-state index in [9.17, 15) is 4.79 Å². The van der Waals surface area contributed by atoms with Gasteiger partial charge >= 0.3 is 0 Å². The van der Waals surface area contributed by atoms with E-state index < -0.39 is 0 Å². The van der Waals surface area contributed by atoms with Crippen LogP contribution in [0.3, 0.4) is 0 Å². The molecule has 0 saturated carbocycles. The third-order valence-electron chi connectivity index (χ3n) is 5.24. The summed E-state index contributed by atoms with van der Waals surface area (Å²) in [6, 6.07) is 19.0. The Bertz CT molecular complexity index is 679. The number of rotatable bonds is 6. The van der Waals surface area contributed by atoms with Crippen LogP contribution in [0.25, 0.3) is 0 Å². The summed E-state index contributed by atoms with van der Waals surface area (Å²) in [6.07, 6.45) is 5.58. The van der Waals surface area contributed by atoms with E-state index in [-0.39, 0.29) is 24.4 Å². The summed E-state index contributed by atoms with van der Waals surface area (Å²) in [7, 11) is 0. The van der Waals surface area contributed by atoms with Crippen LogP contribution in [0.4, 0.5) is 0 Å². The summed E-state index contributed by atoms with van der Waals surface area (Å²) < 4.78 is 0. The van der Waals surface area contributed by atoms with E-state index in [0.29, 0.717) is 13.0 Å². The van der Waals surface area contributed by atoms with Gasteiger partial charge in [-0.25, -0.2) is 0 Å². The Morgan fingerprint density at radius 2 is 1.59 bits per heavy atom. The minimum absolute atomic E-state index is 0. The predicted octanol–water partition coefficient (Wildman–Crippen LogP) is 4.69. The van der Waals surface area contributed by atoms with Crippen LogP contribution in [0.1, 0.15) is 48.4 Å². The van der Waals surface area contributed by atoms with Gasteiger partial charge in [-0.3, -0.25) is 9.69 Å². The van der Waals surface area contributed by atoms with Gasteiger partial charge in [0, 0.05) is 6.54 Å². The molecular formula is C23H31ClN2O. The average molecular weight is 387 g/mol. The van der Waals surface area contributed by atoms with E-state index in [0.717, 1.165) is 18.7 Å². The van der Waals surface area contributed by atoms with Crippen LogP contribution in [-0.2, 0) is 11.2 Å². The summed E-state index contributed by atoms with van der Waals surface area (Å²) in [4.78, 5) is 15.0. The molecule has 1 unspecified atom stereocenters. The van der Waals surface area contributed by atoms with Crippen molar-refractivity contribution in [3.05, 3.63) is 71.3 Å². The van der Waals surface area contributed by atoms with E-state index in [1.54, 1.807) is 0 Å². The number of hydrogen-bond acceptors (Lipinski definition) is 2. The quantitative estimate of drug-likeness (QED) is 0.780. The first-order valence-corrected chi connectivity index (χ1v) is 9.83. The lowest BCUT2D eigenvalue weighted by Crippen LogP contribution is -2.39. The molecule has 2 aromatic carbocycles. The van der Waals surface area contributed by atoms with Crippen LogP contribution in [0.2, 0.25) is 0 Å². The monoisotopic (exact) mass is 386 g/mol. The maximum absolute atomic E-state index is 12.4. The molecule has 27 heavy (non-hydrogen) atoms. The third kappa shape index (κ3) is 6.67. The third-order valence-corrected chi connectivity index (χ3v) is 5.24. The van der Waals surface area contributed by atoms with E-state index in [2.05, 4.69) is 41.4 Å². The predicted molar refractivity (Wildman–Crippen MR) is 114 cm³/mol. The molecule has 1 N–H and O–H groups in total. The van der Waals surface area contributed by atoms with Crippen molar-refractivity contribution in [1.82, 2.24) is 10.2 Å². The molecule has 0 bridgehead atoms. The highest BCUT2D eigenvalue weighted by molar-refractivity contribution is 5.85. The smallest absolute Gasteiger partial charge is 0.224 e. The highest BCUT2D eigenvalue weighted by Gasteiger charge is 2.22. The van der Waals surface area contributed by atoms with Crippen molar-refractivity contribution < 1.29 is 4.79 Å². The molecule has 0 aliphatic carbocycles. The Morgan fingerprint density at radius 1 is 0.963 bits per heavy atom. The number of benzene rings is 2. The molecule has 2 aromatic rings. The van der Waals surface area contributed by atoms with Gasteiger partial charge in [0.05, 0.1) is 12.5 Å². The van der Waals surface area contributed by atoms with Gasteiger partial charge in [0.2, 0.25) is 5.91 Å². The lowest BCUT2D eigenvalue weighted by Gasteiger charge is -2.31. The van der Waals surface area contributed by atoms with E-state index in [4.69, 9.17) is 0 Å². The van der Waals surface area contributed by atoms with Crippen molar-refractivity contribution in [3.63, 3.8) is 0 Å². The highest BCUT2D eigenvalue weighted by atomic mass is 35.5. The lowest BCUT2D eigenvalue weighted by molar-refractivity contribution is -0.120. The topological polar surface area (TPSA) is 32.3 Å². The number of hydrogen-bond donors (Lipinski definition) is 1. The van der Waals surface area contributed by atoms with E-state index in [1.165, 1.54) is 36.8 Å². The minimum atomic E-state index is 0. The number of nitrogens with zero attached hydrogens (tertiary/aromatic N) is 1. The van der Waals surface area contributed by atoms with Crippen LogP contribution in [-0.4, -0.2) is 30.4 Å². The molecule has 1 saturated heterocycles.